The number of nitrogens with one attached hydrogen (secondary N) is 1. The Hall–Kier alpha value is -4.96. The lowest BCUT2D eigenvalue weighted by atomic mass is 9.95. The van der Waals surface area contributed by atoms with Gasteiger partial charge in [0.05, 0.1) is 29.0 Å². The lowest BCUT2D eigenvalue weighted by Crippen LogP contribution is -2.40. The molecule has 2 N–H and O–H groups in total. The van der Waals surface area contributed by atoms with Crippen LogP contribution in [0.15, 0.2) is 99.9 Å². The predicted molar refractivity (Wildman–Crippen MR) is 151 cm³/mol. The van der Waals surface area contributed by atoms with Crippen molar-refractivity contribution >= 4 is 35.0 Å². The fourth-order valence-corrected chi connectivity index (χ4v) is 5.47. The summed E-state index contributed by atoms with van der Waals surface area (Å²) in [7, 11) is 1.57. The van der Waals surface area contributed by atoms with Gasteiger partial charge < -0.3 is 19.9 Å². The number of amides is 1. The largest absolute Gasteiger partial charge is 0.497 e. The van der Waals surface area contributed by atoms with Crippen LogP contribution in [0.5, 0.6) is 11.5 Å². The average Bonchev–Trinajstić information content (AvgIpc) is 3.25. The molecular formula is C30H25N3O6S. The first-order valence-corrected chi connectivity index (χ1v) is 13.1. The molecule has 4 aromatic rings. The van der Waals surface area contributed by atoms with Crippen molar-refractivity contribution in [1.82, 2.24) is 4.57 Å². The molecule has 1 aliphatic heterocycles. The number of hydrogen-bond donors (Lipinski definition) is 2. The summed E-state index contributed by atoms with van der Waals surface area (Å²) in [4.78, 5) is 43.5. The molecule has 2 heterocycles. The topological polar surface area (TPSA) is 119 Å². The van der Waals surface area contributed by atoms with E-state index < -0.39 is 18.6 Å². The number of benzene rings is 3. The van der Waals surface area contributed by atoms with Crippen LogP contribution in [0.1, 0.15) is 24.1 Å². The number of hydrogen-bond acceptors (Lipinski definition) is 7. The zero-order valence-corrected chi connectivity index (χ0v) is 22.5. The molecule has 0 saturated heterocycles. The van der Waals surface area contributed by atoms with E-state index in [0.29, 0.717) is 43.4 Å². The van der Waals surface area contributed by atoms with Crippen LogP contribution >= 0.6 is 11.3 Å². The quantitative estimate of drug-likeness (QED) is 0.344. The molecule has 0 spiro atoms. The summed E-state index contributed by atoms with van der Waals surface area (Å²) in [6, 6.07) is 22.4. The zero-order chi connectivity index (χ0) is 28.2. The van der Waals surface area contributed by atoms with Crippen molar-refractivity contribution in [1.29, 1.82) is 0 Å². The third-order valence-corrected chi connectivity index (χ3v) is 7.23. The number of anilines is 1. The fourth-order valence-electron chi connectivity index (χ4n) is 4.42. The van der Waals surface area contributed by atoms with E-state index in [1.54, 1.807) is 68.6 Å². The second-order valence-corrected chi connectivity index (χ2v) is 9.94. The summed E-state index contributed by atoms with van der Waals surface area (Å²) >= 11 is 1.21. The van der Waals surface area contributed by atoms with Gasteiger partial charge in [0, 0.05) is 5.69 Å². The molecule has 0 aliphatic carbocycles. The Morgan fingerprint density at radius 2 is 1.80 bits per heavy atom. The highest BCUT2D eigenvalue weighted by atomic mass is 32.1. The summed E-state index contributed by atoms with van der Waals surface area (Å²) in [5.41, 5.74) is 2.57. The van der Waals surface area contributed by atoms with E-state index in [0.717, 1.165) is 5.56 Å². The highest BCUT2D eigenvalue weighted by Crippen LogP contribution is 2.31. The smallest absolute Gasteiger partial charge is 0.341 e. The van der Waals surface area contributed by atoms with Gasteiger partial charge in [0.15, 0.2) is 11.4 Å². The van der Waals surface area contributed by atoms with E-state index in [1.165, 1.54) is 15.9 Å². The Morgan fingerprint density at radius 1 is 1.05 bits per heavy atom. The molecule has 0 fully saturated rings. The molecule has 202 valence electrons. The van der Waals surface area contributed by atoms with E-state index in [2.05, 4.69) is 10.3 Å². The Kier molecular flexibility index (Phi) is 7.61. The molecule has 0 bridgehead atoms. The standard InChI is InChI=1S/C30H25N3O6S/c1-18-26(28(36)32-21-8-4-3-5-9-21)27(20-11-13-22(38-2)14-12-20)33-29(37)24(40-30(33)31-18)16-19-7-6-10-23(15-19)39-17-25(34)35/h3-16,27H,17H2,1-2H3,(H,32,36)(H,34,35)/b24-16-/t27-/m0/s1. The van der Waals surface area contributed by atoms with Crippen molar-refractivity contribution in [3.05, 3.63) is 121 Å². The minimum atomic E-state index is -1.08. The molecule has 1 atom stereocenters. The first kappa shape index (κ1) is 26.6. The van der Waals surface area contributed by atoms with Crippen LogP contribution in [0.2, 0.25) is 0 Å². The van der Waals surface area contributed by atoms with Gasteiger partial charge in [-0.25, -0.2) is 9.79 Å². The molecule has 40 heavy (non-hydrogen) atoms. The lowest BCUT2D eigenvalue weighted by molar-refractivity contribution is -0.139. The molecule has 1 aromatic heterocycles. The fraction of sp³-hybridized carbons (Fsp3) is 0.133. The summed E-state index contributed by atoms with van der Waals surface area (Å²) < 4.78 is 12.5. The van der Waals surface area contributed by atoms with Crippen molar-refractivity contribution in [2.75, 3.05) is 19.0 Å². The van der Waals surface area contributed by atoms with Crippen molar-refractivity contribution < 1.29 is 24.2 Å². The minimum absolute atomic E-state index is 0.307. The molecule has 3 aromatic carbocycles. The average molecular weight is 556 g/mol. The monoisotopic (exact) mass is 555 g/mol. The van der Waals surface area contributed by atoms with Crippen LogP contribution in [0.25, 0.3) is 6.08 Å². The van der Waals surface area contributed by atoms with Gasteiger partial charge in [-0.3, -0.25) is 14.2 Å². The lowest BCUT2D eigenvalue weighted by Gasteiger charge is -2.25. The zero-order valence-electron chi connectivity index (χ0n) is 21.7. The van der Waals surface area contributed by atoms with E-state index in [9.17, 15) is 14.4 Å². The number of ether oxygens (including phenoxy) is 2. The van der Waals surface area contributed by atoms with Gasteiger partial charge >= 0.3 is 5.97 Å². The Labute approximate surface area is 233 Å². The normalized spacial score (nSPS) is 14.8. The highest BCUT2D eigenvalue weighted by molar-refractivity contribution is 7.07. The molecular weight excluding hydrogens is 530 g/mol. The molecule has 0 saturated carbocycles. The summed E-state index contributed by atoms with van der Waals surface area (Å²) in [5, 5.41) is 11.8. The van der Waals surface area contributed by atoms with Crippen molar-refractivity contribution in [2.45, 2.75) is 13.0 Å². The third kappa shape index (κ3) is 5.57. The first-order valence-electron chi connectivity index (χ1n) is 12.3. The van der Waals surface area contributed by atoms with E-state index in [1.807, 2.05) is 30.3 Å². The summed E-state index contributed by atoms with van der Waals surface area (Å²) in [5.74, 6) is -0.418. The number of allylic oxidation sites excluding steroid dienone is 1. The Bertz CT molecular complexity index is 1790. The number of carbonyl (C=O) groups is 2. The maximum atomic E-state index is 13.9. The number of nitrogens with zero attached hydrogens (tertiary/aromatic N) is 2. The SMILES string of the molecule is COc1ccc([C@H]2C(C(=O)Nc3ccccc3)=C(C)N=c3s/c(=C\c4cccc(OCC(=O)O)c4)c(=O)n32)cc1. The maximum absolute atomic E-state index is 13.9. The van der Waals surface area contributed by atoms with Crippen LogP contribution in [0, 0.1) is 0 Å². The van der Waals surface area contributed by atoms with Crippen LogP contribution in [-0.4, -0.2) is 35.3 Å². The molecule has 1 aliphatic rings. The molecule has 0 radical (unpaired) electrons. The van der Waals surface area contributed by atoms with Gasteiger partial charge in [-0.05, 0) is 60.5 Å². The number of thiazole rings is 1. The van der Waals surface area contributed by atoms with Gasteiger partial charge in [0.25, 0.3) is 11.5 Å². The van der Waals surface area contributed by atoms with E-state index in [4.69, 9.17) is 14.6 Å². The van der Waals surface area contributed by atoms with Crippen LogP contribution in [0.4, 0.5) is 5.69 Å². The Morgan fingerprint density at radius 3 is 2.50 bits per heavy atom. The van der Waals surface area contributed by atoms with Gasteiger partial charge in [0.2, 0.25) is 0 Å². The second kappa shape index (κ2) is 11.4. The number of aliphatic carboxylic acids is 1. The number of carboxylic acid groups (broad SMARTS) is 1. The van der Waals surface area contributed by atoms with Gasteiger partial charge in [-0.1, -0.05) is 53.8 Å². The minimum Gasteiger partial charge on any atom is -0.497 e. The second-order valence-electron chi connectivity index (χ2n) is 8.93. The van der Waals surface area contributed by atoms with Crippen molar-refractivity contribution in [2.24, 2.45) is 4.99 Å². The van der Waals surface area contributed by atoms with E-state index in [-0.39, 0.29) is 11.5 Å². The number of rotatable bonds is 8. The summed E-state index contributed by atoms with van der Waals surface area (Å²) in [6.45, 7) is 1.29. The maximum Gasteiger partial charge on any atom is 0.341 e. The van der Waals surface area contributed by atoms with Gasteiger partial charge in [-0.15, -0.1) is 0 Å². The van der Waals surface area contributed by atoms with Crippen LogP contribution < -0.4 is 29.7 Å². The third-order valence-electron chi connectivity index (χ3n) is 6.25. The predicted octanol–water partition coefficient (Wildman–Crippen LogP) is 3.35. The molecule has 5 rings (SSSR count). The number of aromatic nitrogens is 1. The number of methoxy groups -OCH3 is 1. The number of para-hydroxylation sites is 1. The van der Waals surface area contributed by atoms with Crippen LogP contribution in [0.3, 0.4) is 0 Å². The van der Waals surface area contributed by atoms with Gasteiger partial charge in [0.1, 0.15) is 11.5 Å². The highest BCUT2D eigenvalue weighted by Gasteiger charge is 2.32. The van der Waals surface area contributed by atoms with E-state index >= 15 is 0 Å². The Balaban J connectivity index is 1.61. The molecule has 9 nitrogen and oxygen atoms in total. The van der Waals surface area contributed by atoms with Crippen molar-refractivity contribution in [3.63, 3.8) is 0 Å². The number of carbonyl (C=O) groups excluding carboxylic acids is 1. The molecule has 1 amide bonds. The van der Waals surface area contributed by atoms with Crippen LogP contribution in [-0.2, 0) is 9.59 Å². The molecule has 10 heteroatoms. The number of carboxylic acids is 1. The number of fused-ring (bicyclic) bond motifs is 1. The van der Waals surface area contributed by atoms with Gasteiger partial charge in [-0.2, -0.15) is 0 Å². The summed E-state index contributed by atoms with van der Waals surface area (Å²) in [6.07, 6.45) is 1.70. The van der Waals surface area contributed by atoms with Crippen molar-refractivity contribution in [3.8, 4) is 11.5 Å². The molecule has 0 unspecified atom stereocenters. The first-order chi connectivity index (χ1) is 19.3.